The van der Waals surface area contributed by atoms with Gasteiger partial charge in [0.25, 0.3) is 0 Å². The largest absolute Gasteiger partial charge is 0.382 e. The number of nitrogens with two attached hydrogens (primary N) is 2. The first-order valence-electron chi connectivity index (χ1n) is 5.64. The van der Waals surface area contributed by atoms with Crippen LogP contribution in [0.5, 0.6) is 0 Å². The van der Waals surface area contributed by atoms with Crippen LogP contribution < -0.4 is 11.5 Å². The molecule has 10 heteroatoms. The summed E-state index contributed by atoms with van der Waals surface area (Å²) in [5.41, 5.74) is 13.6. The normalized spacial score (nSPS) is 11.4. The Morgan fingerprint density at radius 1 is 0.900 bits per heavy atom. The fourth-order valence-corrected chi connectivity index (χ4v) is 2.00. The molecule has 0 saturated carbocycles. The van der Waals surface area contributed by atoms with Gasteiger partial charge in [-0.25, -0.2) is 29.3 Å². The Morgan fingerprint density at radius 2 is 1.70 bits per heavy atom. The predicted molar refractivity (Wildman–Crippen MR) is 70.3 cm³/mol. The molecule has 0 radical (unpaired) electrons. The van der Waals surface area contributed by atoms with E-state index in [1.165, 1.54) is 6.33 Å². The molecule has 20 heavy (non-hydrogen) atoms. The van der Waals surface area contributed by atoms with Crippen molar-refractivity contribution in [1.29, 1.82) is 0 Å². The highest BCUT2D eigenvalue weighted by molar-refractivity contribution is 5.83. The number of hydrogen-bond acceptors (Lipinski definition) is 8. The van der Waals surface area contributed by atoms with Crippen molar-refractivity contribution in [2.75, 3.05) is 11.5 Å². The fourth-order valence-electron chi connectivity index (χ4n) is 2.00. The highest BCUT2D eigenvalue weighted by Gasteiger charge is 2.13. The molecule has 0 aliphatic rings. The molecule has 0 fully saturated rings. The maximum Gasteiger partial charge on any atom is 0.224 e. The summed E-state index contributed by atoms with van der Waals surface area (Å²) in [5.74, 6) is 0.307. The molecule has 0 amide bonds. The van der Waals surface area contributed by atoms with Gasteiger partial charge in [-0.3, -0.25) is 0 Å². The van der Waals surface area contributed by atoms with Crippen molar-refractivity contribution < 1.29 is 0 Å². The van der Waals surface area contributed by atoms with Gasteiger partial charge in [0.05, 0.1) is 6.20 Å². The van der Waals surface area contributed by atoms with Crippen LogP contribution in [0.2, 0.25) is 0 Å². The van der Waals surface area contributed by atoms with Crippen molar-refractivity contribution in [2.24, 2.45) is 0 Å². The summed E-state index contributed by atoms with van der Waals surface area (Å²) in [6.45, 7) is 0. The van der Waals surface area contributed by atoms with E-state index in [4.69, 9.17) is 11.5 Å². The summed E-state index contributed by atoms with van der Waals surface area (Å²) in [4.78, 5) is 24.5. The number of aromatic nitrogens is 8. The zero-order valence-electron chi connectivity index (χ0n) is 10.0. The molecule has 4 N–H and O–H groups in total. The number of anilines is 2. The van der Waals surface area contributed by atoms with Gasteiger partial charge in [0.2, 0.25) is 5.95 Å². The highest BCUT2D eigenvalue weighted by atomic mass is 15.5. The summed E-state index contributed by atoms with van der Waals surface area (Å²) >= 11 is 0. The van der Waals surface area contributed by atoms with E-state index in [-0.39, 0.29) is 11.8 Å². The lowest BCUT2D eigenvalue weighted by Crippen LogP contribution is -2.09. The molecule has 98 valence electrons. The monoisotopic (exact) mass is 268 g/mol. The van der Waals surface area contributed by atoms with Crippen LogP contribution in [0.25, 0.3) is 22.3 Å². The third kappa shape index (κ3) is 1.32. The average Bonchev–Trinajstić information content (AvgIpc) is 3.02. The van der Waals surface area contributed by atoms with E-state index in [0.717, 1.165) is 0 Å². The Bertz CT molecular complexity index is 936. The Morgan fingerprint density at radius 3 is 2.60 bits per heavy atom. The van der Waals surface area contributed by atoms with E-state index in [2.05, 4.69) is 29.9 Å². The second-order valence-electron chi connectivity index (χ2n) is 4.05. The lowest BCUT2D eigenvalue weighted by atomic mass is 10.5. The molecule has 0 aliphatic heterocycles. The van der Waals surface area contributed by atoms with Gasteiger partial charge in [0, 0.05) is 0 Å². The minimum absolute atomic E-state index is 0.0794. The predicted octanol–water partition coefficient (Wildman–Crippen LogP) is -0.558. The number of fused-ring (bicyclic) bond motifs is 2. The third-order valence-electron chi connectivity index (χ3n) is 2.85. The van der Waals surface area contributed by atoms with E-state index < -0.39 is 0 Å². The molecule has 0 unspecified atom stereocenters. The smallest absolute Gasteiger partial charge is 0.224 e. The van der Waals surface area contributed by atoms with Crippen molar-refractivity contribution in [3.63, 3.8) is 0 Å². The van der Waals surface area contributed by atoms with Crippen LogP contribution >= 0.6 is 0 Å². The van der Waals surface area contributed by atoms with E-state index in [1.54, 1.807) is 28.2 Å². The summed E-state index contributed by atoms with van der Waals surface area (Å²) in [6.07, 6.45) is 6.21. The molecule has 0 atom stereocenters. The topological polar surface area (TPSA) is 139 Å². The van der Waals surface area contributed by atoms with Crippen LogP contribution in [0.1, 0.15) is 0 Å². The van der Waals surface area contributed by atoms with Gasteiger partial charge in [0.1, 0.15) is 24.5 Å². The van der Waals surface area contributed by atoms with Gasteiger partial charge in [-0.1, -0.05) is 0 Å². The van der Waals surface area contributed by atoms with Gasteiger partial charge in [-0.05, 0) is 0 Å². The molecule has 0 spiro atoms. The van der Waals surface area contributed by atoms with E-state index in [9.17, 15) is 0 Å². The molecular formula is C10H8N10. The Balaban J connectivity index is 2.08. The van der Waals surface area contributed by atoms with E-state index in [1.807, 2.05) is 0 Å². The van der Waals surface area contributed by atoms with Crippen LogP contribution in [0.3, 0.4) is 0 Å². The van der Waals surface area contributed by atoms with Gasteiger partial charge in [0.15, 0.2) is 22.6 Å². The highest BCUT2D eigenvalue weighted by Crippen LogP contribution is 2.18. The molecule has 0 aliphatic carbocycles. The summed E-state index contributed by atoms with van der Waals surface area (Å²) < 4.78 is 3.32. The molecule has 4 rings (SSSR count). The van der Waals surface area contributed by atoms with Crippen LogP contribution in [0.4, 0.5) is 11.8 Å². The Hall–Kier alpha value is -3.30. The summed E-state index contributed by atoms with van der Waals surface area (Å²) in [6, 6.07) is 0. The summed E-state index contributed by atoms with van der Waals surface area (Å²) in [5, 5.41) is 0. The lowest BCUT2D eigenvalue weighted by molar-refractivity contribution is 0.688. The molecule has 4 aromatic rings. The molecule has 4 heterocycles. The van der Waals surface area contributed by atoms with E-state index in [0.29, 0.717) is 22.3 Å². The zero-order valence-corrected chi connectivity index (χ0v) is 10.0. The number of hydrogen-bond donors (Lipinski definition) is 2. The van der Waals surface area contributed by atoms with Crippen LogP contribution in [0.15, 0.2) is 25.2 Å². The van der Waals surface area contributed by atoms with Gasteiger partial charge < -0.3 is 11.5 Å². The molecule has 0 bridgehead atoms. The van der Waals surface area contributed by atoms with Gasteiger partial charge >= 0.3 is 0 Å². The van der Waals surface area contributed by atoms with Crippen molar-refractivity contribution in [2.45, 2.75) is 0 Å². The molecule has 4 aromatic heterocycles. The number of nitrogens with zero attached hydrogens (tertiary/aromatic N) is 8. The number of imidazole rings is 2. The van der Waals surface area contributed by atoms with Crippen molar-refractivity contribution >= 4 is 34.1 Å². The quantitative estimate of drug-likeness (QED) is 0.468. The van der Waals surface area contributed by atoms with Gasteiger partial charge in [-0.15, -0.1) is 0 Å². The maximum atomic E-state index is 5.78. The standard InChI is InChI=1S/C10H8N10/c11-7-6-9(18-10(12)17-7)20(4-16-6)19-3-15-5-1-13-2-14-8(5)19/h1-4H,(H4,11,12,17,18). The lowest BCUT2D eigenvalue weighted by Gasteiger charge is -2.05. The van der Waals surface area contributed by atoms with Crippen molar-refractivity contribution in [3.8, 4) is 0 Å². The second kappa shape index (κ2) is 3.60. The van der Waals surface area contributed by atoms with Gasteiger partial charge in [-0.2, -0.15) is 9.97 Å². The third-order valence-corrected chi connectivity index (χ3v) is 2.85. The van der Waals surface area contributed by atoms with Crippen LogP contribution in [-0.4, -0.2) is 39.3 Å². The fraction of sp³-hybridized carbons (Fsp3) is 0. The Kier molecular flexibility index (Phi) is 1.91. The maximum absolute atomic E-state index is 5.78. The SMILES string of the molecule is Nc1nc(N)c2ncn(-n3cnc4cncnc43)c2n1. The average molecular weight is 268 g/mol. The Labute approximate surface area is 111 Å². The first kappa shape index (κ1) is 10.6. The first-order valence-corrected chi connectivity index (χ1v) is 5.64. The van der Waals surface area contributed by atoms with E-state index >= 15 is 0 Å². The molecule has 0 aromatic carbocycles. The van der Waals surface area contributed by atoms with Crippen molar-refractivity contribution in [3.05, 3.63) is 25.2 Å². The summed E-state index contributed by atoms with van der Waals surface area (Å²) in [7, 11) is 0. The first-order chi connectivity index (χ1) is 9.74. The van der Waals surface area contributed by atoms with Crippen molar-refractivity contribution in [1.82, 2.24) is 39.3 Å². The number of nitrogen functional groups attached to an aromatic ring is 2. The molecule has 10 nitrogen and oxygen atoms in total. The number of rotatable bonds is 1. The molecule has 0 saturated heterocycles. The minimum Gasteiger partial charge on any atom is -0.382 e. The van der Waals surface area contributed by atoms with Crippen LogP contribution in [0, 0.1) is 0 Å². The minimum atomic E-state index is 0.0794. The second-order valence-corrected chi connectivity index (χ2v) is 4.05. The van der Waals surface area contributed by atoms with Crippen LogP contribution in [-0.2, 0) is 0 Å². The zero-order chi connectivity index (χ0) is 13.7. The molecular weight excluding hydrogens is 260 g/mol.